The molecule has 5 nitrogen and oxygen atoms in total. The van der Waals surface area contributed by atoms with Crippen molar-refractivity contribution in [1.82, 2.24) is 10.2 Å². The van der Waals surface area contributed by atoms with E-state index in [-0.39, 0.29) is 36.7 Å². The molecule has 0 spiro atoms. The summed E-state index contributed by atoms with van der Waals surface area (Å²) in [6.07, 6.45) is -0.603. The molecule has 1 aromatic rings. The van der Waals surface area contributed by atoms with Gasteiger partial charge in [0.1, 0.15) is 5.82 Å². The number of nitrogens with zero attached hydrogens (tertiary/aromatic N) is 1. The number of aliphatic hydroxyl groups is 2. The maximum absolute atomic E-state index is 13.3. The zero-order chi connectivity index (χ0) is 16.0. The van der Waals surface area contributed by atoms with Crippen LogP contribution in [-0.2, 0) is 6.54 Å². The van der Waals surface area contributed by atoms with Crippen molar-refractivity contribution in [3.05, 3.63) is 34.6 Å². The van der Waals surface area contributed by atoms with Crippen LogP contribution in [0.25, 0.3) is 0 Å². The van der Waals surface area contributed by atoms with E-state index in [4.69, 9.17) is 16.7 Å². The van der Waals surface area contributed by atoms with Gasteiger partial charge in [-0.1, -0.05) is 23.7 Å². The molecular formula is C14H20ClFN2O3. The molecule has 0 bridgehead atoms. The van der Waals surface area contributed by atoms with Crippen molar-refractivity contribution in [1.29, 1.82) is 0 Å². The third-order valence-corrected chi connectivity index (χ3v) is 3.69. The smallest absolute Gasteiger partial charge is 0.317 e. The number of benzene rings is 1. The van der Waals surface area contributed by atoms with E-state index in [1.807, 2.05) is 0 Å². The maximum atomic E-state index is 13.3. The fraction of sp³-hybridized carbons (Fsp3) is 0.500. The van der Waals surface area contributed by atoms with Gasteiger partial charge in [0.05, 0.1) is 17.7 Å². The zero-order valence-corrected chi connectivity index (χ0v) is 12.8. The summed E-state index contributed by atoms with van der Waals surface area (Å²) < 4.78 is 13.3. The molecule has 0 fully saturated rings. The number of rotatable bonds is 6. The van der Waals surface area contributed by atoms with Gasteiger partial charge in [-0.25, -0.2) is 9.18 Å². The fourth-order valence-corrected chi connectivity index (χ4v) is 2.00. The monoisotopic (exact) mass is 318 g/mol. The standard InChI is InChI=1S/C14H20ClFN2O3/c1-9(6-11(20)8-19)18(2)14(21)17-7-10-4-3-5-12(16)13(10)15/h3-5,9,11,19-20H,6-8H2,1-2H3,(H,17,21)/t9-,11-/m0/s1. The number of amides is 2. The molecule has 0 aliphatic rings. The Morgan fingerprint density at radius 1 is 1.52 bits per heavy atom. The van der Waals surface area contributed by atoms with Crippen molar-refractivity contribution in [2.24, 2.45) is 0 Å². The first-order chi connectivity index (χ1) is 9.86. The van der Waals surface area contributed by atoms with Crippen LogP contribution in [0.3, 0.4) is 0 Å². The van der Waals surface area contributed by atoms with E-state index in [1.165, 1.54) is 17.0 Å². The number of nitrogens with one attached hydrogen (secondary N) is 1. The summed E-state index contributed by atoms with van der Waals surface area (Å²) in [5.41, 5.74) is 0.487. The number of aliphatic hydroxyl groups excluding tert-OH is 2. The Bertz CT molecular complexity index is 487. The molecule has 0 aromatic heterocycles. The van der Waals surface area contributed by atoms with Crippen LogP contribution in [0.4, 0.5) is 9.18 Å². The van der Waals surface area contributed by atoms with Gasteiger partial charge in [-0.2, -0.15) is 0 Å². The fourth-order valence-electron chi connectivity index (χ4n) is 1.81. The maximum Gasteiger partial charge on any atom is 0.317 e. The zero-order valence-electron chi connectivity index (χ0n) is 12.0. The highest BCUT2D eigenvalue weighted by molar-refractivity contribution is 6.31. The van der Waals surface area contributed by atoms with Gasteiger partial charge in [-0.3, -0.25) is 0 Å². The van der Waals surface area contributed by atoms with Crippen LogP contribution >= 0.6 is 11.6 Å². The molecular weight excluding hydrogens is 299 g/mol. The average molecular weight is 319 g/mol. The predicted molar refractivity (Wildman–Crippen MR) is 78.6 cm³/mol. The van der Waals surface area contributed by atoms with E-state index in [1.54, 1.807) is 20.0 Å². The Labute approximate surface area is 128 Å². The minimum absolute atomic E-state index is 0.01000. The number of halogens is 2. The van der Waals surface area contributed by atoms with Crippen molar-refractivity contribution >= 4 is 17.6 Å². The first-order valence-electron chi connectivity index (χ1n) is 6.59. The normalized spacial score (nSPS) is 13.6. The molecule has 0 radical (unpaired) electrons. The Kier molecular flexibility index (Phi) is 6.87. The van der Waals surface area contributed by atoms with Gasteiger partial charge < -0.3 is 20.4 Å². The minimum Gasteiger partial charge on any atom is -0.394 e. The minimum atomic E-state index is -0.868. The number of urea groups is 1. The largest absolute Gasteiger partial charge is 0.394 e. The third-order valence-electron chi connectivity index (χ3n) is 3.27. The highest BCUT2D eigenvalue weighted by atomic mass is 35.5. The van der Waals surface area contributed by atoms with E-state index in [2.05, 4.69) is 5.32 Å². The highest BCUT2D eigenvalue weighted by Gasteiger charge is 2.18. The lowest BCUT2D eigenvalue weighted by atomic mass is 10.1. The second-order valence-electron chi connectivity index (χ2n) is 4.90. The Morgan fingerprint density at radius 2 is 2.19 bits per heavy atom. The third kappa shape index (κ3) is 5.15. The molecule has 2 amide bonds. The average Bonchev–Trinajstić information content (AvgIpc) is 2.47. The van der Waals surface area contributed by atoms with Crippen molar-refractivity contribution in [2.75, 3.05) is 13.7 Å². The highest BCUT2D eigenvalue weighted by Crippen LogP contribution is 2.19. The molecule has 3 N–H and O–H groups in total. The number of hydrogen-bond acceptors (Lipinski definition) is 3. The topological polar surface area (TPSA) is 72.8 Å². The quantitative estimate of drug-likeness (QED) is 0.748. The SMILES string of the molecule is C[C@@H](C[C@H](O)CO)N(C)C(=O)NCc1cccc(F)c1Cl. The lowest BCUT2D eigenvalue weighted by molar-refractivity contribution is 0.0693. The summed E-state index contributed by atoms with van der Waals surface area (Å²) in [5.74, 6) is -0.531. The summed E-state index contributed by atoms with van der Waals surface area (Å²) in [7, 11) is 1.58. The van der Waals surface area contributed by atoms with E-state index in [9.17, 15) is 14.3 Å². The lowest BCUT2D eigenvalue weighted by Crippen LogP contribution is -2.43. The van der Waals surface area contributed by atoms with Crippen LogP contribution in [0.15, 0.2) is 18.2 Å². The molecule has 0 saturated heterocycles. The van der Waals surface area contributed by atoms with Crippen LogP contribution in [0.2, 0.25) is 5.02 Å². The van der Waals surface area contributed by atoms with Crippen molar-refractivity contribution in [3.8, 4) is 0 Å². The van der Waals surface area contributed by atoms with Crippen LogP contribution in [0.1, 0.15) is 18.9 Å². The van der Waals surface area contributed by atoms with Crippen LogP contribution in [0.5, 0.6) is 0 Å². The van der Waals surface area contributed by atoms with E-state index < -0.39 is 11.9 Å². The second-order valence-corrected chi connectivity index (χ2v) is 5.28. The van der Waals surface area contributed by atoms with Gasteiger partial charge in [0.15, 0.2) is 0 Å². The Hall–Kier alpha value is -1.37. The van der Waals surface area contributed by atoms with Crippen LogP contribution < -0.4 is 5.32 Å². The predicted octanol–water partition coefficient (Wildman–Crippen LogP) is 1.75. The molecule has 0 unspecified atom stereocenters. The number of carbonyl (C=O) groups is 1. The molecule has 7 heteroatoms. The molecule has 0 aliphatic heterocycles. The van der Waals surface area contributed by atoms with Crippen LogP contribution in [-0.4, -0.2) is 46.9 Å². The summed E-state index contributed by atoms with van der Waals surface area (Å²) in [5, 5.41) is 20.8. The van der Waals surface area contributed by atoms with Crippen molar-refractivity contribution < 1.29 is 19.4 Å². The van der Waals surface area contributed by atoms with Gasteiger partial charge in [-0.15, -0.1) is 0 Å². The van der Waals surface area contributed by atoms with Gasteiger partial charge in [-0.05, 0) is 25.0 Å². The summed E-state index contributed by atoms with van der Waals surface area (Å²) in [6, 6.07) is 3.78. The van der Waals surface area contributed by atoms with Gasteiger partial charge >= 0.3 is 6.03 Å². The summed E-state index contributed by atoms with van der Waals surface area (Å²) in [4.78, 5) is 13.4. The number of hydrogen-bond donors (Lipinski definition) is 3. The molecule has 118 valence electrons. The van der Waals surface area contributed by atoms with Crippen molar-refractivity contribution in [2.45, 2.75) is 32.0 Å². The first kappa shape index (κ1) is 17.7. The molecule has 0 saturated carbocycles. The molecule has 1 rings (SSSR count). The summed E-state index contributed by atoms with van der Waals surface area (Å²) >= 11 is 5.81. The first-order valence-corrected chi connectivity index (χ1v) is 6.97. The molecule has 21 heavy (non-hydrogen) atoms. The molecule has 0 aliphatic carbocycles. The molecule has 1 aromatic carbocycles. The van der Waals surface area contributed by atoms with Gasteiger partial charge in [0, 0.05) is 19.6 Å². The van der Waals surface area contributed by atoms with Crippen molar-refractivity contribution in [3.63, 3.8) is 0 Å². The van der Waals surface area contributed by atoms with Gasteiger partial charge in [0.25, 0.3) is 0 Å². The van der Waals surface area contributed by atoms with E-state index in [0.29, 0.717) is 5.56 Å². The molecule has 0 heterocycles. The van der Waals surface area contributed by atoms with E-state index >= 15 is 0 Å². The van der Waals surface area contributed by atoms with Crippen LogP contribution in [0, 0.1) is 5.82 Å². The Balaban J connectivity index is 2.55. The summed E-state index contributed by atoms with van der Waals surface area (Å²) in [6.45, 7) is 1.52. The molecule has 2 atom stereocenters. The number of carbonyl (C=O) groups excluding carboxylic acids is 1. The Morgan fingerprint density at radius 3 is 2.81 bits per heavy atom. The second kappa shape index (κ2) is 8.17. The van der Waals surface area contributed by atoms with E-state index in [0.717, 1.165) is 0 Å². The van der Waals surface area contributed by atoms with Gasteiger partial charge in [0.2, 0.25) is 0 Å². The lowest BCUT2D eigenvalue weighted by Gasteiger charge is -2.26.